The number of fused-ring (bicyclic) bond motifs is 1. The third-order valence-electron chi connectivity index (χ3n) is 7.12. The molecule has 3 heterocycles. The number of amidine groups is 1. The van der Waals surface area contributed by atoms with Crippen LogP contribution in [0.4, 0.5) is 11.4 Å². The predicted molar refractivity (Wildman–Crippen MR) is 152 cm³/mol. The van der Waals surface area contributed by atoms with Gasteiger partial charge in [0, 0.05) is 23.3 Å². The van der Waals surface area contributed by atoms with Crippen molar-refractivity contribution in [3.63, 3.8) is 0 Å². The number of anilines is 1. The Morgan fingerprint density at radius 3 is 2.68 bits per heavy atom. The summed E-state index contributed by atoms with van der Waals surface area (Å²) >= 11 is 8.12. The van der Waals surface area contributed by atoms with E-state index in [2.05, 4.69) is 38.8 Å². The van der Waals surface area contributed by atoms with Gasteiger partial charge in [0.05, 0.1) is 30.5 Å². The van der Waals surface area contributed by atoms with Gasteiger partial charge in [-0.3, -0.25) is 9.69 Å². The minimum atomic E-state index is -0.131. The molecule has 0 aliphatic carbocycles. The summed E-state index contributed by atoms with van der Waals surface area (Å²) in [4.78, 5) is 22.9. The molecule has 2 aliphatic rings. The fourth-order valence-electron chi connectivity index (χ4n) is 4.91. The fraction of sp³-hybridized carbons (Fsp3) is 0.310. The molecule has 1 unspecified atom stereocenters. The maximum absolute atomic E-state index is 13.6. The molecule has 1 atom stereocenters. The van der Waals surface area contributed by atoms with Gasteiger partial charge in [0.25, 0.3) is 5.91 Å². The summed E-state index contributed by atoms with van der Waals surface area (Å²) in [6.45, 7) is 7.04. The van der Waals surface area contributed by atoms with E-state index in [-0.39, 0.29) is 11.4 Å². The van der Waals surface area contributed by atoms with Crippen molar-refractivity contribution < 1.29 is 13.9 Å². The van der Waals surface area contributed by atoms with Crippen LogP contribution >= 0.6 is 23.4 Å². The zero-order chi connectivity index (χ0) is 26.3. The Balaban J connectivity index is 1.52. The standard InChI is InChI=1S/C29H30ClN3O3S/c1-18-16-29(2,3)32(4)25-15-24(30)19(13-23(18)25)14-26-27(34)33(17-22-7-6-12-36-22)28(37-26)31-20-8-10-21(35-5)11-9-20/h6-15,18H,16-17H2,1-5H3/b26-14+,31-28?. The normalized spacial score (nSPS) is 21.1. The topological polar surface area (TPSA) is 58.3 Å². The molecule has 1 fully saturated rings. The van der Waals surface area contributed by atoms with Gasteiger partial charge in [-0.25, -0.2) is 4.99 Å². The first-order chi connectivity index (χ1) is 17.7. The molecule has 2 aliphatic heterocycles. The maximum Gasteiger partial charge on any atom is 0.267 e. The highest BCUT2D eigenvalue weighted by molar-refractivity contribution is 8.18. The lowest BCUT2D eigenvalue weighted by molar-refractivity contribution is -0.122. The van der Waals surface area contributed by atoms with Crippen LogP contribution in [0.2, 0.25) is 5.02 Å². The molecule has 2 aromatic carbocycles. The number of hydrogen-bond acceptors (Lipinski definition) is 6. The van der Waals surface area contributed by atoms with E-state index < -0.39 is 0 Å². The Labute approximate surface area is 226 Å². The minimum absolute atomic E-state index is 0.0478. The van der Waals surface area contributed by atoms with E-state index in [1.807, 2.05) is 48.5 Å². The lowest BCUT2D eigenvalue weighted by Crippen LogP contribution is -2.45. The third kappa shape index (κ3) is 5.03. The minimum Gasteiger partial charge on any atom is -0.497 e. The van der Waals surface area contributed by atoms with E-state index in [0.29, 0.717) is 33.3 Å². The number of halogens is 1. The van der Waals surface area contributed by atoms with Crippen LogP contribution in [0, 0.1) is 0 Å². The van der Waals surface area contributed by atoms with Gasteiger partial charge in [0.2, 0.25) is 0 Å². The summed E-state index contributed by atoms with van der Waals surface area (Å²) in [5, 5.41) is 1.20. The van der Waals surface area contributed by atoms with Crippen molar-refractivity contribution in [2.45, 2.75) is 45.2 Å². The molecule has 1 amide bonds. The van der Waals surface area contributed by atoms with Crippen molar-refractivity contribution in [3.8, 4) is 5.75 Å². The highest BCUT2D eigenvalue weighted by Crippen LogP contribution is 2.45. The number of carbonyl (C=O) groups is 1. The molecular formula is C29H30ClN3O3S. The highest BCUT2D eigenvalue weighted by atomic mass is 35.5. The van der Waals surface area contributed by atoms with Crippen LogP contribution in [0.1, 0.15) is 50.0 Å². The van der Waals surface area contributed by atoms with Crippen LogP contribution < -0.4 is 9.64 Å². The monoisotopic (exact) mass is 535 g/mol. The summed E-state index contributed by atoms with van der Waals surface area (Å²) in [6, 6.07) is 15.2. The van der Waals surface area contributed by atoms with Crippen molar-refractivity contribution in [3.05, 3.63) is 81.6 Å². The lowest BCUT2D eigenvalue weighted by atomic mass is 9.80. The zero-order valence-corrected chi connectivity index (χ0v) is 23.2. The number of carbonyl (C=O) groups excluding carboxylic acids is 1. The van der Waals surface area contributed by atoms with E-state index in [4.69, 9.17) is 25.7 Å². The molecule has 0 saturated carbocycles. The van der Waals surface area contributed by atoms with Crippen LogP contribution in [0.15, 0.2) is 69.1 Å². The lowest BCUT2D eigenvalue weighted by Gasteiger charge is -2.45. The molecule has 0 spiro atoms. The quantitative estimate of drug-likeness (QED) is 0.317. The van der Waals surface area contributed by atoms with Crippen molar-refractivity contribution in [2.75, 3.05) is 19.1 Å². The van der Waals surface area contributed by atoms with Gasteiger partial charge in [-0.2, -0.15) is 0 Å². The fourth-order valence-corrected chi connectivity index (χ4v) is 6.11. The maximum atomic E-state index is 13.6. The van der Waals surface area contributed by atoms with Crippen LogP contribution in [0.25, 0.3) is 6.08 Å². The van der Waals surface area contributed by atoms with Gasteiger partial charge in [-0.05, 0) is 104 Å². The third-order valence-corrected chi connectivity index (χ3v) is 8.45. The number of methoxy groups -OCH3 is 1. The summed E-state index contributed by atoms with van der Waals surface area (Å²) in [5.74, 6) is 1.68. The Hall–Kier alpha value is -3.16. The molecule has 3 aromatic rings. The average molecular weight is 536 g/mol. The second-order valence-corrected chi connectivity index (χ2v) is 11.5. The van der Waals surface area contributed by atoms with Gasteiger partial charge < -0.3 is 14.1 Å². The molecule has 5 rings (SSSR count). The van der Waals surface area contributed by atoms with Crippen LogP contribution in [-0.4, -0.2) is 35.7 Å². The van der Waals surface area contributed by atoms with Gasteiger partial charge >= 0.3 is 0 Å². The molecule has 0 bridgehead atoms. The number of rotatable bonds is 5. The number of furan rings is 1. The average Bonchev–Trinajstić information content (AvgIpc) is 3.48. The second-order valence-electron chi connectivity index (χ2n) is 10.1. The molecule has 6 nitrogen and oxygen atoms in total. The van der Waals surface area contributed by atoms with Gasteiger partial charge in [-0.15, -0.1) is 0 Å². The first-order valence-electron chi connectivity index (χ1n) is 12.2. The smallest absolute Gasteiger partial charge is 0.267 e. The summed E-state index contributed by atoms with van der Waals surface area (Å²) in [6.07, 6.45) is 4.53. The van der Waals surface area contributed by atoms with E-state index >= 15 is 0 Å². The van der Waals surface area contributed by atoms with Crippen LogP contribution in [0.3, 0.4) is 0 Å². The molecule has 37 heavy (non-hydrogen) atoms. The van der Waals surface area contributed by atoms with Crippen molar-refractivity contribution in [1.29, 1.82) is 0 Å². The summed E-state index contributed by atoms with van der Waals surface area (Å²) < 4.78 is 10.8. The molecular weight excluding hydrogens is 506 g/mol. The second kappa shape index (κ2) is 9.95. The predicted octanol–water partition coefficient (Wildman–Crippen LogP) is 7.47. The van der Waals surface area contributed by atoms with E-state index in [0.717, 1.165) is 29.1 Å². The van der Waals surface area contributed by atoms with E-state index in [1.165, 1.54) is 17.3 Å². The first-order valence-corrected chi connectivity index (χ1v) is 13.4. The number of ether oxygens (including phenoxy) is 1. The Morgan fingerprint density at radius 1 is 1.24 bits per heavy atom. The number of benzene rings is 2. The highest BCUT2D eigenvalue weighted by Gasteiger charge is 2.36. The Morgan fingerprint density at radius 2 is 2.00 bits per heavy atom. The van der Waals surface area contributed by atoms with Crippen LogP contribution in [-0.2, 0) is 11.3 Å². The molecule has 8 heteroatoms. The number of aliphatic imine (C=N–C) groups is 1. The molecule has 0 N–H and O–H groups in total. The van der Waals surface area contributed by atoms with Gasteiger partial charge in [-0.1, -0.05) is 18.5 Å². The Bertz CT molecular complexity index is 1380. The van der Waals surface area contributed by atoms with Crippen molar-refractivity contribution >= 4 is 51.9 Å². The summed E-state index contributed by atoms with van der Waals surface area (Å²) in [5.41, 5.74) is 4.00. The number of nitrogens with zero attached hydrogens (tertiary/aromatic N) is 3. The van der Waals surface area contributed by atoms with Gasteiger partial charge in [0.1, 0.15) is 11.5 Å². The number of hydrogen-bond donors (Lipinski definition) is 0. The summed E-state index contributed by atoms with van der Waals surface area (Å²) in [7, 11) is 3.74. The Kier molecular flexibility index (Phi) is 6.86. The number of thioether (sulfide) groups is 1. The number of amides is 1. The first kappa shape index (κ1) is 25.5. The SMILES string of the molecule is COc1ccc(N=C2S/C(=C/c3cc4c(cc3Cl)N(C)C(C)(C)CC4C)C(=O)N2Cc2ccco2)cc1. The molecule has 0 radical (unpaired) electrons. The van der Waals surface area contributed by atoms with E-state index in [9.17, 15) is 4.79 Å². The molecule has 192 valence electrons. The van der Waals surface area contributed by atoms with E-state index in [1.54, 1.807) is 18.3 Å². The molecule has 1 saturated heterocycles. The van der Waals surface area contributed by atoms with Crippen LogP contribution in [0.5, 0.6) is 5.75 Å². The zero-order valence-electron chi connectivity index (χ0n) is 21.6. The largest absolute Gasteiger partial charge is 0.497 e. The molecule has 1 aromatic heterocycles. The van der Waals surface area contributed by atoms with Crippen molar-refractivity contribution in [1.82, 2.24) is 4.90 Å². The van der Waals surface area contributed by atoms with Crippen molar-refractivity contribution in [2.24, 2.45) is 4.99 Å². The van der Waals surface area contributed by atoms with Gasteiger partial charge in [0.15, 0.2) is 5.17 Å².